The SMILES string of the molecule is CCN1CCN(c2ccc(C(=O)Nc3ccc(OCCN)cc3)cc2F)CC1.Cl. The van der Waals surface area contributed by atoms with Crippen LogP contribution in [0.15, 0.2) is 42.5 Å². The zero-order valence-corrected chi connectivity index (χ0v) is 17.4. The number of halogens is 2. The summed E-state index contributed by atoms with van der Waals surface area (Å²) in [6, 6.07) is 11.6. The van der Waals surface area contributed by atoms with E-state index in [9.17, 15) is 9.18 Å². The topological polar surface area (TPSA) is 70.8 Å². The van der Waals surface area contributed by atoms with Crippen molar-refractivity contribution in [3.63, 3.8) is 0 Å². The Labute approximate surface area is 177 Å². The van der Waals surface area contributed by atoms with Crippen LogP contribution in [0.25, 0.3) is 0 Å². The lowest BCUT2D eigenvalue weighted by Gasteiger charge is -2.35. The molecule has 8 heteroatoms. The van der Waals surface area contributed by atoms with Gasteiger partial charge in [-0.1, -0.05) is 6.92 Å². The number of anilines is 2. The largest absolute Gasteiger partial charge is 0.492 e. The molecule has 0 bridgehead atoms. The highest BCUT2D eigenvalue weighted by Crippen LogP contribution is 2.23. The zero-order chi connectivity index (χ0) is 19.9. The second kappa shape index (κ2) is 11.0. The number of carbonyl (C=O) groups is 1. The molecule has 158 valence electrons. The molecule has 2 aromatic rings. The van der Waals surface area contributed by atoms with E-state index in [1.807, 2.05) is 4.90 Å². The van der Waals surface area contributed by atoms with Gasteiger partial charge in [-0.05, 0) is 49.0 Å². The van der Waals surface area contributed by atoms with Crippen LogP contribution in [-0.2, 0) is 0 Å². The molecule has 2 aromatic carbocycles. The Morgan fingerprint density at radius 2 is 1.83 bits per heavy atom. The van der Waals surface area contributed by atoms with E-state index in [1.165, 1.54) is 6.07 Å². The van der Waals surface area contributed by atoms with Crippen molar-refractivity contribution >= 4 is 29.7 Å². The molecule has 0 saturated carbocycles. The highest BCUT2D eigenvalue weighted by Gasteiger charge is 2.19. The number of nitrogens with one attached hydrogen (secondary N) is 1. The molecule has 29 heavy (non-hydrogen) atoms. The number of hydrogen-bond acceptors (Lipinski definition) is 5. The van der Waals surface area contributed by atoms with Crippen molar-refractivity contribution in [2.75, 3.05) is 56.1 Å². The van der Waals surface area contributed by atoms with Gasteiger partial charge in [0.1, 0.15) is 18.2 Å². The molecule has 1 saturated heterocycles. The normalized spacial score (nSPS) is 14.2. The summed E-state index contributed by atoms with van der Waals surface area (Å²) in [6.45, 7) is 7.43. The fourth-order valence-electron chi connectivity index (χ4n) is 3.22. The molecular weight excluding hydrogens is 395 g/mol. The van der Waals surface area contributed by atoms with Gasteiger partial charge in [0.15, 0.2) is 0 Å². The van der Waals surface area contributed by atoms with Crippen molar-refractivity contribution in [3.8, 4) is 5.75 Å². The van der Waals surface area contributed by atoms with Crippen molar-refractivity contribution in [2.45, 2.75) is 6.92 Å². The minimum absolute atomic E-state index is 0. The van der Waals surface area contributed by atoms with Crippen LogP contribution in [0.1, 0.15) is 17.3 Å². The first-order valence-electron chi connectivity index (χ1n) is 9.62. The predicted octanol–water partition coefficient (Wildman–Crippen LogP) is 2.98. The molecule has 3 rings (SSSR count). The van der Waals surface area contributed by atoms with Gasteiger partial charge in [0.25, 0.3) is 5.91 Å². The molecule has 0 aliphatic carbocycles. The summed E-state index contributed by atoms with van der Waals surface area (Å²) in [6.07, 6.45) is 0. The number of benzene rings is 2. The van der Waals surface area contributed by atoms with E-state index in [1.54, 1.807) is 36.4 Å². The van der Waals surface area contributed by atoms with Gasteiger partial charge in [0.2, 0.25) is 0 Å². The Morgan fingerprint density at radius 1 is 1.14 bits per heavy atom. The van der Waals surface area contributed by atoms with Crippen molar-refractivity contribution in [1.82, 2.24) is 4.90 Å². The number of nitrogens with two attached hydrogens (primary N) is 1. The number of likely N-dealkylation sites (N-methyl/N-ethyl adjacent to an activating group) is 1. The van der Waals surface area contributed by atoms with E-state index < -0.39 is 0 Å². The summed E-state index contributed by atoms with van der Waals surface area (Å²) in [5, 5.41) is 2.78. The molecule has 1 fully saturated rings. The van der Waals surface area contributed by atoms with E-state index in [2.05, 4.69) is 17.1 Å². The van der Waals surface area contributed by atoms with E-state index in [0.717, 1.165) is 32.7 Å². The second-order valence-corrected chi connectivity index (χ2v) is 6.70. The van der Waals surface area contributed by atoms with Gasteiger partial charge in [-0.3, -0.25) is 4.79 Å². The highest BCUT2D eigenvalue weighted by atomic mass is 35.5. The molecule has 0 aromatic heterocycles. The van der Waals surface area contributed by atoms with Crippen LogP contribution in [0.2, 0.25) is 0 Å². The number of hydrogen-bond donors (Lipinski definition) is 2. The number of nitrogens with zero attached hydrogens (tertiary/aromatic N) is 2. The molecule has 0 atom stereocenters. The molecule has 1 aliphatic heterocycles. The monoisotopic (exact) mass is 422 g/mol. The van der Waals surface area contributed by atoms with Crippen LogP contribution in [0.4, 0.5) is 15.8 Å². The standard InChI is InChI=1S/C21H27FN4O2.ClH/c1-2-25-10-12-26(13-11-25)20-8-3-16(15-19(20)22)21(27)24-17-4-6-18(7-5-17)28-14-9-23;/h3-8,15H,2,9-14,23H2,1H3,(H,24,27);1H. The van der Waals surface area contributed by atoms with Crippen molar-refractivity contribution in [1.29, 1.82) is 0 Å². The Hall–Kier alpha value is -2.35. The molecular formula is C21H28ClFN4O2. The first-order chi connectivity index (χ1) is 13.6. The number of piperazine rings is 1. The third-order valence-corrected chi connectivity index (χ3v) is 4.87. The molecule has 1 heterocycles. The van der Waals surface area contributed by atoms with Gasteiger partial charge in [-0.2, -0.15) is 0 Å². The maximum atomic E-state index is 14.6. The van der Waals surface area contributed by atoms with Gasteiger partial charge in [0.05, 0.1) is 5.69 Å². The Kier molecular flexibility index (Phi) is 8.70. The molecule has 1 aliphatic rings. The highest BCUT2D eigenvalue weighted by molar-refractivity contribution is 6.04. The van der Waals surface area contributed by atoms with Crippen LogP contribution in [-0.4, -0.2) is 56.7 Å². The van der Waals surface area contributed by atoms with Gasteiger partial charge >= 0.3 is 0 Å². The van der Waals surface area contributed by atoms with E-state index >= 15 is 0 Å². The first kappa shape index (κ1) is 22.9. The van der Waals surface area contributed by atoms with Gasteiger partial charge in [-0.15, -0.1) is 12.4 Å². The molecule has 0 unspecified atom stereocenters. The Morgan fingerprint density at radius 3 is 2.41 bits per heavy atom. The average molecular weight is 423 g/mol. The predicted molar refractivity (Wildman–Crippen MR) is 117 cm³/mol. The van der Waals surface area contributed by atoms with Crippen LogP contribution in [0, 0.1) is 5.82 Å². The molecule has 6 nitrogen and oxygen atoms in total. The van der Waals surface area contributed by atoms with Crippen LogP contribution < -0.4 is 20.7 Å². The number of carbonyl (C=O) groups excluding carboxylic acids is 1. The lowest BCUT2D eigenvalue weighted by molar-refractivity contribution is 0.102. The quantitative estimate of drug-likeness (QED) is 0.717. The lowest BCUT2D eigenvalue weighted by Crippen LogP contribution is -2.46. The van der Waals surface area contributed by atoms with Gasteiger partial charge < -0.3 is 25.6 Å². The third-order valence-electron chi connectivity index (χ3n) is 4.87. The smallest absolute Gasteiger partial charge is 0.255 e. The average Bonchev–Trinajstić information content (AvgIpc) is 2.73. The third kappa shape index (κ3) is 6.06. The van der Waals surface area contributed by atoms with Crippen LogP contribution in [0.3, 0.4) is 0 Å². The summed E-state index contributed by atoms with van der Waals surface area (Å²) in [4.78, 5) is 16.8. The van der Waals surface area contributed by atoms with E-state index in [4.69, 9.17) is 10.5 Å². The van der Waals surface area contributed by atoms with E-state index in [-0.39, 0.29) is 29.7 Å². The van der Waals surface area contributed by atoms with Crippen LogP contribution in [0.5, 0.6) is 5.75 Å². The maximum Gasteiger partial charge on any atom is 0.255 e. The summed E-state index contributed by atoms with van der Waals surface area (Å²) in [5.74, 6) is -0.0398. The Balaban J connectivity index is 0.00000300. The summed E-state index contributed by atoms with van der Waals surface area (Å²) >= 11 is 0. The summed E-state index contributed by atoms with van der Waals surface area (Å²) in [5.41, 5.74) is 6.86. The number of amides is 1. The minimum atomic E-state index is -0.372. The fraction of sp³-hybridized carbons (Fsp3) is 0.381. The fourth-order valence-corrected chi connectivity index (χ4v) is 3.22. The molecule has 0 spiro atoms. The molecule has 1 amide bonds. The molecule has 0 radical (unpaired) electrons. The van der Waals surface area contributed by atoms with Crippen molar-refractivity contribution in [3.05, 3.63) is 53.8 Å². The van der Waals surface area contributed by atoms with Gasteiger partial charge in [-0.25, -0.2) is 4.39 Å². The maximum absolute atomic E-state index is 14.6. The number of ether oxygens (including phenoxy) is 1. The van der Waals surface area contributed by atoms with E-state index in [0.29, 0.717) is 30.3 Å². The van der Waals surface area contributed by atoms with Crippen molar-refractivity contribution in [2.24, 2.45) is 5.73 Å². The second-order valence-electron chi connectivity index (χ2n) is 6.70. The first-order valence-corrected chi connectivity index (χ1v) is 9.62. The van der Waals surface area contributed by atoms with Crippen LogP contribution >= 0.6 is 12.4 Å². The Bertz CT molecular complexity index is 796. The van der Waals surface area contributed by atoms with Gasteiger partial charge in [0, 0.05) is 44.0 Å². The summed E-state index contributed by atoms with van der Waals surface area (Å²) < 4.78 is 20.0. The lowest BCUT2D eigenvalue weighted by atomic mass is 10.1. The zero-order valence-electron chi connectivity index (χ0n) is 16.6. The number of rotatable bonds is 7. The van der Waals surface area contributed by atoms with Crippen molar-refractivity contribution < 1.29 is 13.9 Å². The minimum Gasteiger partial charge on any atom is -0.492 e. The molecule has 3 N–H and O–H groups in total. The summed E-state index contributed by atoms with van der Waals surface area (Å²) in [7, 11) is 0.